The van der Waals surface area contributed by atoms with Gasteiger partial charge in [0.25, 0.3) is 0 Å². The predicted octanol–water partition coefficient (Wildman–Crippen LogP) is 6.35. The van der Waals surface area contributed by atoms with E-state index in [1.165, 1.54) is 5.56 Å². The minimum Gasteiger partial charge on any atom is -0.494 e. The van der Waals surface area contributed by atoms with Gasteiger partial charge < -0.3 is 14.5 Å². The number of carbonyl (C=O) groups is 1. The van der Waals surface area contributed by atoms with Crippen molar-refractivity contribution in [1.82, 2.24) is 9.88 Å². The standard InChI is InChI=1S/C25H29ClN2O3/c1-4-13-30-19-8-5-17(6-9-19)24-23-20(21-14-18(26)7-10-22(21)27-23)11-12-28(24)25(29)31-15-16(2)3/h5-10,14,16,24,27H,4,11-13,15H2,1-3H3. The minimum absolute atomic E-state index is 0.255. The van der Waals surface area contributed by atoms with E-state index in [-0.39, 0.29) is 18.1 Å². The van der Waals surface area contributed by atoms with Gasteiger partial charge in [0, 0.05) is 28.2 Å². The lowest BCUT2D eigenvalue weighted by atomic mass is 9.92. The van der Waals surface area contributed by atoms with Gasteiger partial charge >= 0.3 is 6.09 Å². The Morgan fingerprint density at radius 1 is 1.23 bits per heavy atom. The normalized spacial score (nSPS) is 15.9. The number of hydrogen-bond acceptors (Lipinski definition) is 3. The number of H-pyrrole nitrogens is 1. The second-order valence-corrected chi connectivity index (χ2v) is 8.88. The van der Waals surface area contributed by atoms with Gasteiger partial charge in [0.2, 0.25) is 0 Å². The highest BCUT2D eigenvalue weighted by molar-refractivity contribution is 6.31. The second-order valence-electron chi connectivity index (χ2n) is 8.44. The van der Waals surface area contributed by atoms with E-state index < -0.39 is 0 Å². The van der Waals surface area contributed by atoms with Crippen LogP contribution in [0.4, 0.5) is 4.79 Å². The van der Waals surface area contributed by atoms with Gasteiger partial charge in [-0.2, -0.15) is 0 Å². The van der Waals surface area contributed by atoms with Crippen LogP contribution >= 0.6 is 11.6 Å². The van der Waals surface area contributed by atoms with E-state index in [9.17, 15) is 4.79 Å². The van der Waals surface area contributed by atoms with Crippen LogP contribution in [0.5, 0.6) is 5.75 Å². The largest absolute Gasteiger partial charge is 0.494 e. The van der Waals surface area contributed by atoms with Crippen LogP contribution in [0, 0.1) is 5.92 Å². The predicted molar refractivity (Wildman–Crippen MR) is 124 cm³/mol. The third-order valence-electron chi connectivity index (χ3n) is 5.53. The van der Waals surface area contributed by atoms with Crippen molar-refractivity contribution in [3.05, 3.63) is 64.3 Å². The van der Waals surface area contributed by atoms with Crippen LogP contribution in [-0.4, -0.2) is 35.7 Å². The lowest BCUT2D eigenvalue weighted by molar-refractivity contribution is 0.0797. The highest BCUT2D eigenvalue weighted by atomic mass is 35.5. The Morgan fingerprint density at radius 3 is 2.71 bits per heavy atom. The quantitative estimate of drug-likeness (QED) is 0.485. The third kappa shape index (κ3) is 4.52. The molecule has 0 aliphatic carbocycles. The highest BCUT2D eigenvalue weighted by Crippen LogP contribution is 2.39. The molecule has 1 unspecified atom stereocenters. The number of fused-ring (bicyclic) bond motifs is 3. The molecule has 0 saturated heterocycles. The first-order valence-electron chi connectivity index (χ1n) is 10.9. The molecule has 0 bridgehead atoms. The molecule has 0 saturated carbocycles. The second kappa shape index (κ2) is 9.23. The zero-order valence-electron chi connectivity index (χ0n) is 18.3. The van der Waals surface area contributed by atoms with Gasteiger partial charge in [0.1, 0.15) is 11.8 Å². The molecule has 1 aromatic heterocycles. The molecule has 2 aromatic carbocycles. The fraction of sp³-hybridized carbons (Fsp3) is 0.400. The smallest absolute Gasteiger partial charge is 0.410 e. The zero-order chi connectivity index (χ0) is 22.0. The molecule has 1 N–H and O–H groups in total. The lowest BCUT2D eigenvalue weighted by Gasteiger charge is -2.35. The van der Waals surface area contributed by atoms with E-state index in [2.05, 4.69) is 11.9 Å². The van der Waals surface area contributed by atoms with Gasteiger partial charge in [-0.3, -0.25) is 4.90 Å². The van der Waals surface area contributed by atoms with E-state index in [0.29, 0.717) is 24.8 Å². The number of ether oxygens (including phenoxy) is 2. The summed E-state index contributed by atoms with van der Waals surface area (Å²) in [5, 5.41) is 1.83. The summed E-state index contributed by atoms with van der Waals surface area (Å²) in [6.45, 7) is 7.83. The van der Waals surface area contributed by atoms with Crippen LogP contribution in [0.1, 0.15) is 50.1 Å². The van der Waals surface area contributed by atoms with Gasteiger partial charge in [-0.15, -0.1) is 0 Å². The number of hydrogen-bond donors (Lipinski definition) is 1. The number of aromatic amines is 1. The summed E-state index contributed by atoms with van der Waals surface area (Å²) in [4.78, 5) is 18.4. The molecule has 5 nitrogen and oxygen atoms in total. The molecule has 164 valence electrons. The van der Waals surface area contributed by atoms with Gasteiger partial charge in [-0.25, -0.2) is 4.79 Å². The molecular formula is C25H29ClN2O3. The van der Waals surface area contributed by atoms with Crippen LogP contribution in [0.25, 0.3) is 10.9 Å². The Balaban J connectivity index is 1.74. The maximum absolute atomic E-state index is 13.0. The average molecular weight is 441 g/mol. The summed E-state index contributed by atoms with van der Waals surface area (Å²) in [6, 6.07) is 13.6. The van der Waals surface area contributed by atoms with Crippen molar-refractivity contribution >= 4 is 28.6 Å². The maximum atomic E-state index is 13.0. The summed E-state index contributed by atoms with van der Waals surface area (Å²) in [5.74, 6) is 1.12. The number of carbonyl (C=O) groups excluding carboxylic acids is 1. The van der Waals surface area contributed by atoms with Crippen molar-refractivity contribution in [3.63, 3.8) is 0 Å². The molecule has 2 heterocycles. The van der Waals surface area contributed by atoms with E-state index >= 15 is 0 Å². The van der Waals surface area contributed by atoms with Crippen molar-refractivity contribution in [1.29, 1.82) is 0 Å². The number of aromatic nitrogens is 1. The fourth-order valence-corrected chi connectivity index (χ4v) is 4.26. The Kier molecular flexibility index (Phi) is 6.42. The van der Waals surface area contributed by atoms with E-state index in [0.717, 1.165) is 40.8 Å². The Morgan fingerprint density at radius 2 is 2.00 bits per heavy atom. The molecule has 4 rings (SSSR count). The highest BCUT2D eigenvalue weighted by Gasteiger charge is 2.35. The van der Waals surface area contributed by atoms with Gasteiger partial charge in [-0.05, 0) is 60.2 Å². The van der Waals surface area contributed by atoms with Crippen molar-refractivity contribution in [3.8, 4) is 5.75 Å². The maximum Gasteiger partial charge on any atom is 0.410 e. The first kappa shape index (κ1) is 21.6. The molecular weight excluding hydrogens is 412 g/mol. The zero-order valence-corrected chi connectivity index (χ0v) is 19.0. The molecule has 0 fully saturated rings. The van der Waals surface area contributed by atoms with Crippen molar-refractivity contribution in [2.75, 3.05) is 19.8 Å². The summed E-state index contributed by atoms with van der Waals surface area (Å²) < 4.78 is 11.3. The number of amides is 1. The number of nitrogens with one attached hydrogen (secondary N) is 1. The summed E-state index contributed by atoms with van der Waals surface area (Å²) in [7, 11) is 0. The molecule has 1 atom stereocenters. The van der Waals surface area contributed by atoms with Crippen molar-refractivity contribution in [2.24, 2.45) is 5.92 Å². The van der Waals surface area contributed by atoms with E-state index in [4.69, 9.17) is 21.1 Å². The summed E-state index contributed by atoms with van der Waals surface area (Å²) >= 11 is 6.27. The SMILES string of the molecule is CCCOc1ccc(C2c3[nH]c4ccc(Cl)cc4c3CCN2C(=O)OCC(C)C)cc1. The number of rotatable bonds is 6. The van der Waals surface area contributed by atoms with Crippen molar-refractivity contribution in [2.45, 2.75) is 39.7 Å². The Labute approximate surface area is 188 Å². The first-order valence-corrected chi connectivity index (χ1v) is 11.3. The van der Waals surface area contributed by atoms with Crippen molar-refractivity contribution < 1.29 is 14.3 Å². The Bertz CT molecular complexity index is 1060. The number of nitrogens with zero attached hydrogens (tertiary/aromatic N) is 1. The molecule has 6 heteroatoms. The Hall–Kier alpha value is -2.66. The van der Waals surface area contributed by atoms with Gasteiger partial charge in [0.05, 0.1) is 13.2 Å². The van der Waals surface area contributed by atoms with Gasteiger partial charge in [-0.1, -0.05) is 44.5 Å². The molecule has 1 aliphatic rings. The van der Waals surface area contributed by atoms with Crippen LogP contribution in [0.15, 0.2) is 42.5 Å². The van der Waals surface area contributed by atoms with Crippen LogP contribution in [0.3, 0.4) is 0 Å². The lowest BCUT2D eigenvalue weighted by Crippen LogP contribution is -2.41. The first-order chi connectivity index (χ1) is 15.0. The van der Waals surface area contributed by atoms with Crippen LogP contribution in [-0.2, 0) is 11.2 Å². The summed E-state index contributed by atoms with van der Waals surface area (Å²) in [6.07, 6.45) is 1.42. The molecule has 1 aliphatic heterocycles. The third-order valence-corrected chi connectivity index (χ3v) is 5.77. The van der Waals surface area contributed by atoms with E-state index in [1.54, 1.807) is 0 Å². The number of halogens is 1. The molecule has 0 spiro atoms. The molecule has 1 amide bonds. The molecule has 3 aromatic rings. The summed E-state index contributed by atoms with van der Waals surface area (Å²) in [5.41, 5.74) is 4.28. The molecule has 31 heavy (non-hydrogen) atoms. The number of benzene rings is 2. The van der Waals surface area contributed by atoms with Crippen LogP contribution in [0.2, 0.25) is 5.02 Å². The minimum atomic E-state index is -0.285. The topological polar surface area (TPSA) is 54.6 Å². The van der Waals surface area contributed by atoms with Gasteiger partial charge in [0.15, 0.2) is 0 Å². The molecule has 0 radical (unpaired) electrons. The van der Waals surface area contributed by atoms with Crippen LogP contribution < -0.4 is 4.74 Å². The average Bonchev–Trinajstić information content (AvgIpc) is 3.13. The fourth-order valence-electron chi connectivity index (χ4n) is 4.09. The van der Waals surface area contributed by atoms with E-state index in [1.807, 2.05) is 61.2 Å². The monoisotopic (exact) mass is 440 g/mol.